The van der Waals surface area contributed by atoms with Crippen molar-refractivity contribution in [2.45, 2.75) is 71.3 Å². The minimum absolute atomic E-state index is 0.0371. The molecule has 1 aromatic rings. The maximum absolute atomic E-state index is 11.8. The number of hydrogen-bond acceptors (Lipinski definition) is 5. The summed E-state index contributed by atoms with van der Waals surface area (Å²) in [7, 11) is 2.10. The largest absolute Gasteiger partial charge is 0.343 e. The van der Waals surface area contributed by atoms with Gasteiger partial charge in [-0.15, -0.1) is 0 Å². The zero-order valence-corrected chi connectivity index (χ0v) is 16.1. The van der Waals surface area contributed by atoms with E-state index >= 15 is 0 Å². The van der Waals surface area contributed by atoms with E-state index in [2.05, 4.69) is 36.3 Å². The van der Waals surface area contributed by atoms with Gasteiger partial charge in [-0.3, -0.25) is 4.79 Å². The van der Waals surface area contributed by atoms with Crippen LogP contribution in [-0.4, -0.2) is 41.1 Å². The van der Waals surface area contributed by atoms with Crippen LogP contribution in [0, 0.1) is 11.3 Å². The van der Waals surface area contributed by atoms with Gasteiger partial charge in [0.05, 0.1) is 0 Å². The lowest BCUT2D eigenvalue weighted by Gasteiger charge is -2.38. The SMILES string of the molecule is CC(=O)NC1(c2noc(CC3CCCC(C)(C)C3)n2)CCN(C)CC1. The summed E-state index contributed by atoms with van der Waals surface area (Å²) in [5.74, 6) is 1.96. The lowest BCUT2D eigenvalue weighted by molar-refractivity contribution is -0.121. The van der Waals surface area contributed by atoms with Crippen LogP contribution in [0.3, 0.4) is 0 Å². The van der Waals surface area contributed by atoms with Gasteiger partial charge in [0.15, 0.2) is 5.82 Å². The van der Waals surface area contributed by atoms with Gasteiger partial charge >= 0.3 is 0 Å². The fourth-order valence-electron chi connectivity index (χ4n) is 4.55. The quantitative estimate of drug-likeness (QED) is 0.906. The predicted octanol–water partition coefficient (Wildman–Crippen LogP) is 2.89. The Hall–Kier alpha value is -1.43. The highest BCUT2D eigenvalue weighted by Gasteiger charge is 2.40. The van der Waals surface area contributed by atoms with Gasteiger partial charge in [0, 0.05) is 26.4 Å². The summed E-state index contributed by atoms with van der Waals surface area (Å²) in [5.41, 5.74) is -0.0664. The van der Waals surface area contributed by atoms with Gasteiger partial charge in [-0.1, -0.05) is 25.4 Å². The Morgan fingerprint density at radius 2 is 2.04 bits per heavy atom. The van der Waals surface area contributed by atoms with Crippen molar-refractivity contribution in [1.82, 2.24) is 20.4 Å². The van der Waals surface area contributed by atoms with Crippen LogP contribution in [0.5, 0.6) is 0 Å². The second-order valence-electron chi connectivity index (χ2n) is 8.91. The Kier molecular flexibility index (Phi) is 5.19. The summed E-state index contributed by atoms with van der Waals surface area (Å²) >= 11 is 0. The lowest BCUT2D eigenvalue weighted by atomic mass is 9.71. The van der Waals surface area contributed by atoms with Gasteiger partial charge in [0.1, 0.15) is 5.54 Å². The topological polar surface area (TPSA) is 71.3 Å². The average Bonchev–Trinajstić information content (AvgIpc) is 2.97. The fourth-order valence-corrected chi connectivity index (χ4v) is 4.55. The Bertz CT molecular complexity index is 602. The fraction of sp³-hybridized carbons (Fsp3) is 0.842. The molecule has 0 radical (unpaired) electrons. The summed E-state index contributed by atoms with van der Waals surface area (Å²) in [5, 5.41) is 7.38. The van der Waals surface area contributed by atoms with E-state index in [4.69, 9.17) is 9.51 Å². The molecule has 140 valence electrons. The minimum atomic E-state index is -0.480. The first kappa shape index (κ1) is 18.4. The lowest BCUT2D eigenvalue weighted by Crippen LogP contribution is -2.52. The van der Waals surface area contributed by atoms with Crippen LogP contribution in [-0.2, 0) is 16.8 Å². The van der Waals surface area contributed by atoms with Crippen LogP contribution >= 0.6 is 0 Å². The molecule has 6 nitrogen and oxygen atoms in total. The van der Waals surface area contributed by atoms with Gasteiger partial charge in [0.25, 0.3) is 0 Å². The number of rotatable bonds is 4. The summed E-state index contributed by atoms with van der Waals surface area (Å²) in [6.45, 7) is 8.10. The molecule has 1 aliphatic heterocycles. The van der Waals surface area contributed by atoms with Gasteiger partial charge in [-0.25, -0.2) is 0 Å². The van der Waals surface area contributed by atoms with Gasteiger partial charge in [-0.05, 0) is 50.5 Å². The van der Waals surface area contributed by atoms with Crippen LogP contribution in [0.4, 0.5) is 0 Å². The number of piperidine rings is 1. The summed E-state index contributed by atoms with van der Waals surface area (Å²) < 4.78 is 5.60. The molecule has 1 aromatic heterocycles. The van der Waals surface area contributed by atoms with E-state index < -0.39 is 5.54 Å². The van der Waals surface area contributed by atoms with Crippen molar-refractivity contribution in [3.8, 4) is 0 Å². The molecule has 6 heteroatoms. The summed E-state index contributed by atoms with van der Waals surface area (Å²) in [4.78, 5) is 18.7. The molecule has 0 spiro atoms. The van der Waals surface area contributed by atoms with E-state index in [1.807, 2.05) is 0 Å². The number of hydrogen-bond donors (Lipinski definition) is 1. The molecule has 1 unspecified atom stereocenters. The van der Waals surface area contributed by atoms with E-state index in [1.165, 1.54) is 25.7 Å². The normalized spacial score (nSPS) is 26.3. The van der Waals surface area contributed by atoms with Crippen LogP contribution in [0.15, 0.2) is 4.52 Å². The number of carbonyl (C=O) groups is 1. The maximum atomic E-state index is 11.8. The van der Waals surface area contributed by atoms with Crippen molar-refractivity contribution in [3.63, 3.8) is 0 Å². The van der Waals surface area contributed by atoms with Gasteiger partial charge in [-0.2, -0.15) is 4.98 Å². The molecule has 1 amide bonds. The Balaban J connectivity index is 1.73. The molecule has 1 N–H and O–H groups in total. The molecular weight excluding hydrogens is 316 g/mol. The van der Waals surface area contributed by atoms with Gasteiger partial charge in [0.2, 0.25) is 11.8 Å². The molecule has 1 saturated carbocycles. The molecule has 2 fully saturated rings. The van der Waals surface area contributed by atoms with Crippen LogP contribution < -0.4 is 5.32 Å². The molecule has 3 rings (SSSR count). The third kappa shape index (κ3) is 4.40. The third-order valence-electron chi connectivity index (χ3n) is 5.92. The molecule has 0 aromatic carbocycles. The van der Waals surface area contributed by atoms with Crippen molar-refractivity contribution in [3.05, 3.63) is 11.7 Å². The van der Waals surface area contributed by atoms with Crippen molar-refractivity contribution >= 4 is 5.91 Å². The molecule has 1 aliphatic carbocycles. The molecule has 2 aliphatic rings. The number of nitrogens with zero attached hydrogens (tertiary/aromatic N) is 3. The second-order valence-corrected chi connectivity index (χ2v) is 8.91. The van der Waals surface area contributed by atoms with E-state index in [9.17, 15) is 4.79 Å². The molecule has 25 heavy (non-hydrogen) atoms. The van der Waals surface area contributed by atoms with Crippen molar-refractivity contribution in [2.75, 3.05) is 20.1 Å². The molecule has 1 atom stereocenters. The molecular formula is C19H32N4O2. The smallest absolute Gasteiger partial charge is 0.227 e. The number of nitrogens with one attached hydrogen (secondary N) is 1. The first-order valence-electron chi connectivity index (χ1n) is 9.58. The maximum Gasteiger partial charge on any atom is 0.227 e. The third-order valence-corrected chi connectivity index (χ3v) is 5.92. The van der Waals surface area contributed by atoms with Crippen molar-refractivity contribution in [1.29, 1.82) is 0 Å². The number of aromatic nitrogens is 2. The van der Waals surface area contributed by atoms with Crippen molar-refractivity contribution in [2.24, 2.45) is 11.3 Å². The summed E-state index contributed by atoms with van der Waals surface area (Å²) in [6.07, 6.45) is 7.53. The standard InChI is InChI=1S/C19H32N4O2/c1-14(24)21-19(8-10-23(4)11-9-19)17-20-16(25-22-17)12-15-6-5-7-18(2,3)13-15/h15H,5-13H2,1-4H3,(H,21,24). The van der Waals surface area contributed by atoms with Crippen LogP contribution in [0.1, 0.15) is 71.0 Å². The molecule has 2 heterocycles. The first-order valence-corrected chi connectivity index (χ1v) is 9.58. The number of likely N-dealkylation sites (tertiary alicyclic amines) is 1. The zero-order chi connectivity index (χ0) is 18.1. The molecule has 0 bridgehead atoms. The van der Waals surface area contributed by atoms with Crippen LogP contribution in [0.2, 0.25) is 0 Å². The number of amides is 1. The second kappa shape index (κ2) is 7.06. The van der Waals surface area contributed by atoms with Gasteiger partial charge < -0.3 is 14.7 Å². The minimum Gasteiger partial charge on any atom is -0.343 e. The first-order chi connectivity index (χ1) is 11.8. The average molecular weight is 348 g/mol. The Morgan fingerprint density at radius 3 is 2.68 bits per heavy atom. The monoisotopic (exact) mass is 348 g/mol. The van der Waals surface area contributed by atoms with E-state index in [-0.39, 0.29) is 5.91 Å². The van der Waals surface area contributed by atoms with E-state index in [1.54, 1.807) is 6.92 Å². The Morgan fingerprint density at radius 1 is 1.32 bits per heavy atom. The molecule has 1 saturated heterocycles. The Labute approximate surface area is 150 Å². The highest BCUT2D eigenvalue weighted by molar-refractivity contribution is 5.74. The van der Waals surface area contributed by atoms with Crippen molar-refractivity contribution < 1.29 is 9.32 Å². The van der Waals surface area contributed by atoms with E-state index in [0.717, 1.165) is 38.2 Å². The summed E-state index contributed by atoms with van der Waals surface area (Å²) in [6, 6.07) is 0. The highest BCUT2D eigenvalue weighted by atomic mass is 16.5. The highest BCUT2D eigenvalue weighted by Crippen LogP contribution is 2.40. The predicted molar refractivity (Wildman–Crippen MR) is 96.0 cm³/mol. The number of carbonyl (C=O) groups excluding carboxylic acids is 1. The van der Waals surface area contributed by atoms with Crippen LogP contribution in [0.25, 0.3) is 0 Å². The zero-order valence-electron chi connectivity index (χ0n) is 16.1. The van der Waals surface area contributed by atoms with E-state index in [0.29, 0.717) is 17.2 Å².